The van der Waals surface area contributed by atoms with Crippen molar-refractivity contribution in [2.75, 3.05) is 7.11 Å². The minimum atomic E-state index is -0.640. The molecule has 3 aromatic carbocycles. The Labute approximate surface area is 252 Å². The number of aromatic nitrogens is 2. The molecule has 0 radical (unpaired) electrons. The Hall–Kier alpha value is -4.20. The lowest BCUT2D eigenvalue weighted by Crippen LogP contribution is -2.39. The van der Waals surface area contributed by atoms with Crippen molar-refractivity contribution in [2.24, 2.45) is 4.99 Å². The molecule has 8 heteroatoms. The van der Waals surface area contributed by atoms with E-state index >= 15 is 0 Å². The number of ether oxygens (including phenoxy) is 1. The summed E-state index contributed by atoms with van der Waals surface area (Å²) in [7, 11) is 1.35. The maximum absolute atomic E-state index is 14.1. The number of hydrogen-bond acceptors (Lipinski definition) is 5. The van der Waals surface area contributed by atoms with Crippen LogP contribution in [0, 0.1) is 0 Å². The lowest BCUT2D eigenvalue weighted by Gasteiger charge is -2.24. The second kappa shape index (κ2) is 11.2. The molecule has 0 N–H and O–H groups in total. The van der Waals surface area contributed by atoms with Crippen molar-refractivity contribution in [3.05, 3.63) is 137 Å². The Balaban J connectivity index is 1.51. The van der Waals surface area contributed by atoms with E-state index in [1.54, 1.807) is 11.5 Å². The first-order valence-corrected chi connectivity index (χ1v) is 15.0. The number of thiazole rings is 1. The van der Waals surface area contributed by atoms with Gasteiger partial charge in [-0.2, -0.15) is 0 Å². The van der Waals surface area contributed by atoms with Crippen molar-refractivity contribution in [3.8, 4) is 0 Å². The lowest BCUT2D eigenvalue weighted by atomic mass is 9.93. The Morgan fingerprint density at radius 1 is 1.07 bits per heavy atom. The average Bonchev–Trinajstić information content (AvgIpc) is 3.49. The molecule has 1 atom stereocenters. The molecule has 0 bridgehead atoms. The summed E-state index contributed by atoms with van der Waals surface area (Å²) >= 11 is 7.80. The molecule has 42 heavy (non-hydrogen) atoms. The number of esters is 1. The third kappa shape index (κ3) is 4.93. The van der Waals surface area contributed by atoms with Gasteiger partial charge in [-0.25, -0.2) is 9.79 Å². The summed E-state index contributed by atoms with van der Waals surface area (Å²) in [5.74, 6) is -0.135. The number of carbonyl (C=O) groups excluding carboxylic acids is 1. The van der Waals surface area contributed by atoms with Gasteiger partial charge in [0.2, 0.25) is 0 Å². The van der Waals surface area contributed by atoms with Gasteiger partial charge in [0.05, 0.1) is 29.0 Å². The number of carbonyl (C=O) groups is 1. The van der Waals surface area contributed by atoms with Gasteiger partial charge in [0.1, 0.15) is 0 Å². The molecular formula is C34H30ClN3O3S. The van der Waals surface area contributed by atoms with E-state index in [4.69, 9.17) is 21.3 Å². The maximum Gasteiger partial charge on any atom is 0.338 e. The molecule has 1 aliphatic heterocycles. The highest BCUT2D eigenvalue weighted by Crippen LogP contribution is 2.31. The smallest absolute Gasteiger partial charge is 0.338 e. The summed E-state index contributed by atoms with van der Waals surface area (Å²) in [4.78, 5) is 32.4. The van der Waals surface area contributed by atoms with Crippen LogP contribution in [-0.4, -0.2) is 22.2 Å². The SMILES string of the molecule is COC(=O)C1=C(C)N=c2s/c(=C\c3cn(Cc4ccccc4Cl)c4ccccc34)c(=O)n2C1c1ccc(C(C)C)cc1. The molecule has 2 aromatic heterocycles. The first kappa shape index (κ1) is 27.9. The van der Waals surface area contributed by atoms with Gasteiger partial charge in [-0.1, -0.05) is 97.4 Å². The van der Waals surface area contributed by atoms with Crippen LogP contribution in [0.2, 0.25) is 5.02 Å². The summed E-state index contributed by atoms with van der Waals surface area (Å²) in [6, 6.07) is 23.4. The highest BCUT2D eigenvalue weighted by molar-refractivity contribution is 7.07. The van der Waals surface area contributed by atoms with Crippen molar-refractivity contribution in [1.82, 2.24) is 9.13 Å². The normalized spacial score (nSPS) is 15.3. The molecular weight excluding hydrogens is 566 g/mol. The number of para-hydroxylation sites is 1. The first-order valence-electron chi connectivity index (χ1n) is 13.8. The van der Waals surface area contributed by atoms with Crippen LogP contribution in [0.15, 0.2) is 100 Å². The summed E-state index contributed by atoms with van der Waals surface area (Å²) < 4.78 is 9.47. The third-order valence-corrected chi connectivity index (χ3v) is 9.10. The predicted molar refractivity (Wildman–Crippen MR) is 169 cm³/mol. The first-order chi connectivity index (χ1) is 20.3. The number of allylic oxidation sites excluding steroid dienone is 1. The molecule has 1 unspecified atom stereocenters. The van der Waals surface area contributed by atoms with Crippen LogP contribution in [-0.2, 0) is 16.1 Å². The topological polar surface area (TPSA) is 65.6 Å². The molecule has 0 amide bonds. The van der Waals surface area contributed by atoms with Gasteiger partial charge in [0.15, 0.2) is 4.80 Å². The van der Waals surface area contributed by atoms with Crippen LogP contribution in [0.3, 0.4) is 0 Å². The summed E-state index contributed by atoms with van der Waals surface area (Å²) in [5, 5.41) is 1.74. The van der Waals surface area contributed by atoms with Gasteiger partial charge in [-0.15, -0.1) is 0 Å². The second-order valence-corrected chi connectivity index (χ2v) is 12.1. The van der Waals surface area contributed by atoms with Gasteiger partial charge in [-0.3, -0.25) is 9.36 Å². The molecule has 6 rings (SSSR count). The van der Waals surface area contributed by atoms with Crippen molar-refractivity contribution >= 4 is 45.9 Å². The number of hydrogen-bond donors (Lipinski definition) is 0. The van der Waals surface area contributed by atoms with Crippen LogP contribution < -0.4 is 14.9 Å². The quantitative estimate of drug-likeness (QED) is 0.220. The van der Waals surface area contributed by atoms with E-state index in [0.717, 1.165) is 27.6 Å². The van der Waals surface area contributed by atoms with Crippen molar-refractivity contribution in [1.29, 1.82) is 0 Å². The van der Waals surface area contributed by atoms with Crippen LogP contribution in [0.5, 0.6) is 0 Å². The van der Waals surface area contributed by atoms with E-state index in [1.807, 2.05) is 66.7 Å². The van der Waals surface area contributed by atoms with Crippen molar-refractivity contribution in [3.63, 3.8) is 0 Å². The van der Waals surface area contributed by atoms with Crippen LogP contribution in [0.1, 0.15) is 55.0 Å². The number of halogens is 1. The zero-order valence-electron chi connectivity index (χ0n) is 23.8. The van der Waals surface area contributed by atoms with Gasteiger partial charge in [-0.05, 0) is 47.7 Å². The lowest BCUT2D eigenvalue weighted by molar-refractivity contribution is -0.136. The zero-order valence-corrected chi connectivity index (χ0v) is 25.4. The predicted octanol–water partition coefficient (Wildman–Crippen LogP) is 6.19. The molecule has 0 spiro atoms. The molecule has 0 aliphatic carbocycles. The fourth-order valence-corrected chi connectivity index (χ4v) is 6.78. The average molecular weight is 596 g/mol. The highest BCUT2D eigenvalue weighted by Gasteiger charge is 2.33. The number of benzene rings is 3. The largest absolute Gasteiger partial charge is 0.466 e. The molecule has 0 fully saturated rings. The second-order valence-electron chi connectivity index (χ2n) is 10.7. The molecule has 5 aromatic rings. The van der Waals surface area contributed by atoms with Gasteiger partial charge < -0.3 is 9.30 Å². The van der Waals surface area contributed by atoms with Crippen molar-refractivity contribution < 1.29 is 9.53 Å². The standard InChI is InChI=1S/C34H30ClN3O3S/c1-20(2)22-13-15-23(16-14-22)31-30(33(40)41-4)21(3)36-34-38(31)32(39)29(42-34)17-25-19-37(28-12-8-6-10-26(25)28)18-24-9-5-7-11-27(24)35/h5-17,19-20,31H,18H2,1-4H3/b29-17-. The highest BCUT2D eigenvalue weighted by atomic mass is 35.5. The fraction of sp³-hybridized carbons (Fsp3) is 0.206. The summed E-state index contributed by atoms with van der Waals surface area (Å²) in [6.45, 7) is 6.66. The molecule has 212 valence electrons. The monoisotopic (exact) mass is 595 g/mol. The molecule has 0 saturated carbocycles. The van der Waals surface area contributed by atoms with Crippen molar-refractivity contribution in [2.45, 2.75) is 39.3 Å². The summed E-state index contributed by atoms with van der Waals surface area (Å²) in [5.41, 5.74) is 5.70. The Morgan fingerprint density at radius 2 is 1.79 bits per heavy atom. The third-order valence-electron chi connectivity index (χ3n) is 7.75. The van der Waals surface area contributed by atoms with E-state index in [0.29, 0.717) is 38.1 Å². The van der Waals surface area contributed by atoms with E-state index in [-0.39, 0.29) is 5.56 Å². The van der Waals surface area contributed by atoms with Crippen LogP contribution in [0.4, 0.5) is 0 Å². The number of fused-ring (bicyclic) bond motifs is 2. The minimum Gasteiger partial charge on any atom is -0.466 e. The van der Waals surface area contributed by atoms with Gasteiger partial charge in [0, 0.05) is 34.2 Å². The Kier molecular flexibility index (Phi) is 7.47. The molecule has 3 heterocycles. The number of rotatable bonds is 6. The Morgan fingerprint density at radius 3 is 2.50 bits per heavy atom. The number of nitrogens with zero attached hydrogens (tertiary/aromatic N) is 3. The minimum absolute atomic E-state index is 0.200. The van der Waals surface area contributed by atoms with Crippen LogP contribution >= 0.6 is 22.9 Å². The fourth-order valence-electron chi connectivity index (χ4n) is 5.54. The molecule has 0 saturated heterocycles. The maximum atomic E-state index is 14.1. The summed E-state index contributed by atoms with van der Waals surface area (Å²) in [6.07, 6.45) is 3.98. The Bertz CT molecular complexity index is 2050. The van der Waals surface area contributed by atoms with E-state index in [9.17, 15) is 9.59 Å². The number of methoxy groups -OCH3 is 1. The molecule has 1 aliphatic rings. The van der Waals surface area contributed by atoms with Gasteiger partial charge >= 0.3 is 5.97 Å². The van der Waals surface area contributed by atoms with E-state index < -0.39 is 12.0 Å². The van der Waals surface area contributed by atoms with E-state index in [2.05, 4.69) is 36.7 Å². The van der Waals surface area contributed by atoms with E-state index in [1.165, 1.54) is 24.0 Å². The van der Waals surface area contributed by atoms with Gasteiger partial charge in [0.25, 0.3) is 5.56 Å². The zero-order chi connectivity index (χ0) is 29.5. The molecule has 6 nitrogen and oxygen atoms in total. The van der Waals surface area contributed by atoms with Crippen LogP contribution in [0.25, 0.3) is 17.0 Å².